The highest BCUT2D eigenvalue weighted by Crippen LogP contribution is 2.08. The summed E-state index contributed by atoms with van der Waals surface area (Å²) in [6, 6.07) is -0.171. The lowest BCUT2D eigenvalue weighted by Crippen LogP contribution is -2.42. The van der Waals surface area contributed by atoms with Crippen molar-refractivity contribution in [2.24, 2.45) is 0 Å². The Balaban J connectivity index is 2.19. The first-order chi connectivity index (χ1) is 8.63. The molecule has 0 saturated carbocycles. The predicted molar refractivity (Wildman–Crippen MR) is 75.7 cm³/mol. The summed E-state index contributed by atoms with van der Waals surface area (Å²) in [6.45, 7) is 7.44. The number of hydrogen-bond acceptors (Lipinski definition) is 4. The Morgan fingerprint density at radius 1 is 1.50 bits per heavy atom. The van der Waals surface area contributed by atoms with Gasteiger partial charge in [0.25, 0.3) is 0 Å². The van der Waals surface area contributed by atoms with Crippen LogP contribution in [0.15, 0.2) is 5.38 Å². The van der Waals surface area contributed by atoms with E-state index in [2.05, 4.69) is 22.5 Å². The molecule has 0 aliphatic heterocycles. The number of amides is 1. The number of aromatic nitrogens is 1. The summed E-state index contributed by atoms with van der Waals surface area (Å²) in [7, 11) is 0. The molecule has 0 bridgehead atoms. The van der Waals surface area contributed by atoms with E-state index in [0.717, 1.165) is 23.7 Å². The van der Waals surface area contributed by atoms with Gasteiger partial charge in [0.1, 0.15) is 5.01 Å². The van der Waals surface area contributed by atoms with E-state index in [4.69, 9.17) is 0 Å². The summed E-state index contributed by atoms with van der Waals surface area (Å²) in [6.07, 6.45) is 3.40. The molecule has 4 nitrogen and oxygen atoms in total. The number of unbranched alkanes of at least 4 members (excludes halogenated alkanes) is 2. The Labute approximate surface area is 113 Å². The molecule has 0 spiro atoms. The molecule has 102 valence electrons. The summed E-state index contributed by atoms with van der Waals surface area (Å²) in [4.78, 5) is 16.1. The molecule has 1 unspecified atom stereocenters. The zero-order chi connectivity index (χ0) is 13.4. The maximum absolute atomic E-state index is 11.7. The van der Waals surface area contributed by atoms with Gasteiger partial charge >= 0.3 is 0 Å². The SMILES string of the molecule is CCCCCNC(=O)C(C)NCc1nc(C)cs1. The van der Waals surface area contributed by atoms with E-state index in [1.54, 1.807) is 11.3 Å². The third-order valence-corrected chi connectivity index (χ3v) is 3.67. The van der Waals surface area contributed by atoms with Crippen LogP contribution in [0.5, 0.6) is 0 Å². The lowest BCUT2D eigenvalue weighted by atomic mass is 10.2. The molecule has 1 atom stereocenters. The highest BCUT2D eigenvalue weighted by Gasteiger charge is 2.11. The minimum Gasteiger partial charge on any atom is -0.355 e. The first-order valence-corrected chi connectivity index (χ1v) is 7.43. The molecule has 1 aromatic heterocycles. The van der Waals surface area contributed by atoms with Gasteiger partial charge in [0.05, 0.1) is 6.04 Å². The van der Waals surface area contributed by atoms with Crippen molar-refractivity contribution in [2.45, 2.75) is 52.6 Å². The summed E-state index contributed by atoms with van der Waals surface area (Å²) < 4.78 is 0. The van der Waals surface area contributed by atoms with Gasteiger partial charge in [-0.2, -0.15) is 0 Å². The van der Waals surface area contributed by atoms with Crippen LogP contribution in [-0.4, -0.2) is 23.5 Å². The molecule has 1 rings (SSSR count). The van der Waals surface area contributed by atoms with E-state index in [-0.39, 0.29) is 11.9 Å². The molecule has 0 radical (unpaired) electrons. The first-order valence-electron chi connectivity index (χ1n) is 6.55. The van der Waals surface area contributed by atoms with E-state index in [9.17, 15) is 4.79 Å². The monoisotopic (exact) mass is 269 g/mol. The van der Waals surface area contributed by atoms with Crippen LogP contribution in [0.2, 0.25) is 0 Å². The Morgan fingerprint density at radius 3 is 2.89 bits per heavy atom. The Bertz CT molecular complexity index is 365. The van der Waals surface area contributed by atoms with Crippen LogP contribution < -0.4 is 10.6 Å². The second-order valence-electron chi connectivity index (χ2n) is 4.48. The summed E-state index contributed by atoms with van der Waals surface area (Å²) in [5.74, 6) is 0.0689. The van der Waals surface area contributed by atoms with Gasteiger partial charge < -0.3 is 5.32 Å². The van der Waals surface area contributed by atoms with E-state index in [1.165, 1.54) is 12.8 Å². The fourth-order valence-corrected chi connectivity index (χ4v) is 2.28. The van der Waals surface area contributed by atoms with Crippen LogP contribution in [0.25, 0.3) is 0 Å². The van der Waals surface area contributed by atoms with Crippen molar-refractivity contribution < 1.29 is 4.79 Å². The largest absolute Gasteiger partial charge is 0.355 e. The van der Waals surface area contributed by atoms with Crippen molar-refractivity contribution in [3.63, 3.8) is 0 Å². The Hall–Kier alpha value is -0.940. The van der Waals surface area contributed by atoms with Gasteiger partial charge in [-0.05, 0) is 20.3 Å². The number of nitrogens with one attached hydrogen (secondary N) is 2. The van der Waals surface area contributed by atoms with Gasteiger partial charge in [-0.1, -0.05) is 19.8 Å². The van der Waals surface area contributed by atoms with Gasteiger partial charge in [0.15, 0.2) is 0 Å². The molecule has 5 heteroatoms. The number of thiazole rings is 1. The van der Waals surface area contributed by atoms with Crippen LogP contribution >= 0.6 is 11.3 Å². The number of rotatable bonds is 8. The van der Waals surface area contributed by atoms with Crippen molar-refractivity contribution in [3.8, 4) is 0 Å². The molecule has 1 heterocycles. The van der Waals surface area contributed by atoms with Crippen molar-refractivity contribution in [2.75, 3.05) is 6.54 Å². The number of aryl methyl sites for hydroxylation is 1. The molecular formula is C13H23N3OS. The van der Waals surface area contributed by atoms with Crippen molar-refractivity contribution in [3.05, 3.63) is 16.1 Å². The van der Waals surface area contributed by atoms with Crippen LogP contribution in [0.1, 0.15) is 43.8 Å². The molecule has 2 N–H and O–H groups in total. The van der Waals surface area contributed by atoms with Gasteiger partial charge in [-0.3, -0.25) is 10.1 Å². The quantitative estimate of drug-likeness (QED) is 0.712. The maximum Gasteiger partial charge on any atom is 0.236 e. The van der Waals surface area contributed by atoms with Gasteiger partial charge in [-0.25, -0.2) is 4.98 Å². The van der Waals surface area contributed by atoms with Crippen LogP contribution in [0.3, 0.4) is 0 Å². The molecule has 0 aliphatic carbocycles. The molecular weight excluding hydrogens is 246 g/mol. The molecule has 1 amide bonds. The summed E-state index contributed by atoms with van der Waals surface area (Å²) >= 11 is 1.62. The molecule has 1 aromatic rings. The number of carbonyl (C=O) groups is 1. The second-order valence-corrected chi connectivity index (χ2v) is 5.43. The zero-order valence-corrected chi connectivity index (χ0v) is 12.3. The number of carbonyl (C=O) groups excluding carboxylic acids is 1. The van der Waals surface area contributed by atoms with Gasteiger partial charge in [0.2, 0.25) is 5.91 Å². The van der Waals surface area contributed by atoms with Crippen molar-refractivity contribution >= 4 is 17.2 Å². The lowest BCUT2D eigenvalue weighted by molar-refractivity contribution is -0.122. The van der Waals surface area contributed by atoms with E-state index < -0.39 is 0 Å². The standard InChI is InChI=1S/C13H23N3OS/c1-4-5-6-7-14-13(17)11(3)15-8-12-16-10(2)9-18-12/h9,11,15H,4-8H2,1-3H3,(H,14,17). The summed E-state index contributed by atoms with van der Waals surface area (Å²) in [5.41, 5.74) is 1.04. The molecule has 18 heavy (non-hydrogen) atoms. The lowest BCUT2D eigenvalue weighted by Gasteiger charge is -2.13. The predicted octanol–water partition coefficient (Wildman–Crippen LogP) is 2.24. The van der Waals surface area contributed by atoms with Crippen molar-refractivity contribution in [1.82, 2.24) is 15.6 Å². The van der Waals surface area contributed by atoms with E-state index in [1.807, 2.05) is 19.2 Å². The zero-order valence-electron chi connectivity index (χ0n) is 11.5. The molecule has 0 aliphatic rings. The minimum atomic E-state index is -0.171. The summed E-state index contributed by atoms with van der Waals surface area (Å²) in [5, 5.41) is 9.18. The van der Waals surface area contributed by atoms with Crippen LogP contribution in [0, 0.1) is 6.92 Å². The molecule has 0 fully saturated rings. The smallest absolute Gasteiger partial charge is 0.236 e. The van der Waals surface area contributed by atoms with Crippen molar-refractivity contribution in [1.29, 1.82) is 0 Å². The fourth-order valence-electron chi connectivity index (χ4n) is 1.56. The molecule has 0 aromatic carbocycles. The topological polar surface area (TPSA) is 54.0 Å². The third-order valence-electron chi connectivity index (χ3n) is 2.70. The minimum absolute atomic E-state index is 0.0689. The van der Waals surface area contributed by atoms with E-state index >= 15 is 0 Å². The average molecular weight is 269 g/mol. The number of hydrogen-bond donors (Lipinski definition) is 2. The Kier molecular flexibility index (Phi) is 6.90. The van der Waals surface area contributed by atoms with Crippen LogP contribution in [-0.2, 0) is 11.3 Å². The maximum atomic E-state index is 11.7. The third kappa shape index (κ3) is 5.60. The highest BCUT2D eigenvalue weighted by molar-refractivity contribution is 7.09. The van der Waals surface area contributed by atoms with Gasteiger partial charge in [0, 0.05) is 24.2 Å². The first kappa shape index (κ1) is 15.1. The highest BCUT2D eigenvalue weighted by atomic mass is 32.1. The average Bonchev–Trinajstić information content (AvgIpc) is 2.77. The fraction of sp³-hybridized carbons (Fsp3) is 0.692. The normalized spacial score (nSPS) is 12.4. The van der Waals surface area contributed by atoms with Gasteiger partial charge in [-0.15, -0.1) is 11.3 Å². The second kappa shape index (κ2) is 8.21. The van der Waals surface area contributed by atoms with E-state index in [0.29, 0.717) is 6.54 Å². The Morgan fingerprint density at radius 2 is 2.28 bits per heavy atom. The molecule has 0 saturated heterocycles. The van der Waals surface area contributed by atoms with Crippen LogP contribution in [0.4, 0.5) is 0 Å². The number of nitrogens with zero attached hydrogens (tertiary/aromatic N) is 1.